The molecule has 0 saturated carbocycles. The van der Waals surface area contributed by atoms with Gasteiger partial charge in [0.2, 0.25) is 0 Å². The van der Waals surface area contributed by atoms with Crippen molar-refractivity contribution in [2.45, 2.75) is 50.4 Å². The average Bonchev–Trinajstić information content (AvgIpc) is 2.60. The largest absolute Gasteiger partial charge is 0.393 e. The number of rotatable bonds is 3. The van der Waals surface area contributed by atoms with Crippen LogP contribution in [0.2, 0.25) is 0 Å². The van der Waals surface area contributed by atoms with Crippen molar-refractivity contribution >= 4 is 0 Å². The summed E-state index contributed by atoms with van der Waals surface area (Å²) in [7, 11) is 0. The predicted molar refractivity (Wildman–Crippen MR) is 69.5 cm³/mol. The molecule has 2 bridgehead atoms. The van der Waals surface area contributed by atoms with Gasteiger partial charge in [-0.15, -0.1) is 0 Å². The zero-order valence-electron chi connectivity index (χ0n) is 10.5. The molecule has 2 aliphatic rings. The number of aromatic nitrogens is 1. The third-order valence-electron chi connectivity index (χ3n) is 4.36. The molecule has 2 atom stereocenters. The number of aliphatic hydroxyl groups is 1. The molecule has 0 amide bonds. The maximum Gasteiger partial charge on any atom is 0.250 e. The zero-order valence-corrected chi connectivity index (χ0v) is 10.5. The minimum Gasteiger partial charge on any atom is -0.393 e. The predicted octanol–water partition coefficient (Wildman–Crippen LogP) is 0.836. The van der Waals surface area contributed by atoms with E-state index in [-0.39, 0.29) is 11.7 Å². The van der Waals surface area contributed by atoms with Crippen molar-refractivity contribution in [3.05, 3.63) is 34.7 Å². The van der Waals surface area contributed by atoms with Crippen LogP contribution in [0.3, 0.4) is 0 Å². The van der Waals surface area contributed by atoms with Gasteiger partial charge in [0.05, 0.1) is 6.10 Å². The molecule has 0 aromatic carbocycles. The van der Waals surface area contributed by atoms with E-state index in [1.165, 1.54) is 12.8 Å². The smallest absolute Gasteiger partial charge is 0.250 e. The summed E-state index contributed by atoms with van der Waals surface area (Å²) in [5.41, 5.74) is 0.0712. The van der Waals surface area contributed by atoms with Crippen LogP contribution in [0.4, 0.5) is 0 Å². The molecule has 3 heterocycles. The van der Waals surface area contributed by atoms with Gasteiger partial charge in [-0.2, -0.15) is 0 Å². The first-order valence-electron chi connectivity index (χ1n) is 6.83. The second-order valence-corrected chi connectivity index (χ2v) is 5.48. The van der Waals surface area contributed by atoms with Crippen LogP contribution in [0.1, 0.15) is 25.7 Å². The summed E-state index contributed by atoms with van der Waals surface area (Å²) >= 11 is 0. The van der Waals surface area contributed by atoms with Crippen molar-refractivity contribution < 1.29 is 5.11 Å². The van der Waals surface area contributed by atoms with E-state index >= 15 is 0 Å². The van der Waals surface area contributed by atoms with Gasteiger partial charge in [0.15, 0.2) is 0 Å². The number of hydrogen-bond donors (Lipinski definition) is 1. The SMILES string of the molecule is O=c1ccccn1CCN1C2CCC1CC(O)C2. The molecule has 2 fully saturated rings. The number of nitrogens with zero attached hydrogens (tertiary/aromatic N) is 2. The summed E-state index contributed by atoms with van der Waals surface area (Å²) in [6, 6.07) is 6.33. The molecule has 4 heteroatoms. The molecule has 18 heavy (non-hydrogen) atoms. The molecule has 0 spiro atoms. The van der Waals surface area contributed by atoms with Gasteiger partial charge in [-0.25, -0.2) is 0 Å². The maximum absolute atomic E-state index is 11.6. The van der Waals surface area contributed by atoms with Crippen molar-refractivity contribution in [3.8, 4) is 0 Å². The van der Waals surface area contributed by atoms with E-state index in [1.807, 2.05) is 12.3 Å². The number of aliphatic hydroxyl groups excluding tert-OH is 1. The normalized spacial score (nSPS) is 31.7. The second kappa shape index (κ2) is 4.86. The second-order valence-electron chi connectivity index (χ2n) is 5.48. The Balaban J connectivity index is 1.65. The highest BCUT2D eigenvalue weighted by Gasteiger charge is 2.39. The van der Waals surface area contributed by atoms with Crippen LogP contribution in [-0.4, -0.2) is 39.3 Å². The Morgan fingerprint density at radius 1 is 1.17 bits per heavy atom. The Hall–Kier alpha value is -1.13. The molecule has 1 N–H and O–H groups in total. The molecule has 2 unspecified atom stereocenters. The van der Waals surface area contributed by atoms with E-state index in [0.29, 0.717) is 12.1 Å². The fourth-order valence-corrected chi connectivity index (χ4v) is 3.48. The first kappa shape index (κ1) is 11.9. The Kier molecular flexibility index (Phi) is 3.22. The van der Waals surface area contributed by atoms with Gasteiger partial charge in [-0.3, -0.25) is 9.69 Å². The number of piperidine rings is 1. The van der Waals surface area contributed by atoms with Gasteiger partial charge >= 0.3 is 0 Å². The molecule has 3 rings (SSSR count). The Morgan fingerprint density at radius 2 is 1.89 bits per heavy atom. The lowest BCUT2D eigenvalue weighted by Gasteiger charge is -2.37. The van der Waals surface area contributed by atoms with Gasteiger partial charge in [-0.05, 0) is 31.7 Å². The third-order valence-corrected chi connectivity index (χ3v) is 4.36. The van der Waals surface area contributed by atoms with E-state index in [9.17, 15) is 9.90 Å². The fraction of sp³-hybridized carbons (Fsp3) is 0.643. The zero-order chi connectivity index (χ0) is 12.5. The van der Waals surface area contributed by atoms with Crippen molar-refractivity contribution in [2.24, 2.45) is 0 Å². The van der Waals surface area contributed by atoms with Gasteiger partial charge in [-0.1, -0.05) is 6.07 Å². The first-order chi connectivity index (χ1) is 8.74. The number of pyridine rings is 1. The van der Waals surface area contributed by atoms with E-state index in [0.717, 1.165) is 25.9 Å². The van der Waals surface area contributed by atoms with E-state index in [1.54, 1.807) is 16.7 Å². The topological polar surface area (TPSA) is 45.5 Å². The van der Waals surface area contributed by atoms with Gasteiger partial charge < -0.3 is 9.67 Å². The fourth-order valence-electron chi connectivity index (χ4n) is 3.48. The van der Waals surface area contributed by atoms with Crippen LogP contribution in [-0.2, 0) is 6.54 Å². The van der Waals surface area contributed by atoms with Crippen molar-refractivity contribution in [2.75, 3.05) is 6.54 Å². The summed E-state index contributed by atoms with van der Waals surface area (Å²) in [6.45, 7) is 1.68. The Bertz CT molecular complexity index is 457. The quantitative estimate of drug-likeness (QED) is 0.862. The van der Waals surface area contributed by atoms with E-state index in [2.05, 4.69) is 4.90 Å². The average molecular weight is 248 g/mol. The molecular formula is C14H20N2O2. The molecule has 1 aromatic heterocycles. The molecular weight excluding hydrogens is 228 g/mol. The van der Waals surface area contributed by atoms with Crippen molar-refractivity contribution in [1.82, 2.24) is 9.47 Å². The molecule has 0 radical (unpaired) electrons. The number of hydrogen-bond acceptors (Lipinski definition) is 3. The first-order valence-corrected chi connectivity index (χ1v) is 6.83. The highest BCUT2D eigenvalue weighted by Crippen LogP contribution is 2.35. The van der Waals surface area contributed by atoms with Gasteiger partial charge in [0.1, 0.15) is 0 Å². The Morgan fingerprint density at radius 3 is 2.56 bits per heavy atom. The summed E-state index contributed by atoms with van der Waals surface area (Å²) in [6.07, 6.45) is 5.94. The monoisotopic (exact) mass is 248 g/mol. The van der Waals surface area contributed by atoms with Crippen LogP contribution in [0.5, 0.6) is 0 Å². The minimum atomic E-state index is -0.113. The molecule has 0 aliphatic carbocycles. The van der Waals surface area contributed by atoms with E-state index < -0.39 is 0 Å². The lowest BCUT2D eigenvalue weighted by Crippen LogP contribution is -2.46. The van der Waals surface area contributed by atoms with Crippen LogP contribution in [0.15, 0.2) is 29.2 Å². The highest BCUT2D eigenvalue weighted by molar-refractivity contribution is 4.96. The molecule has 1 aromatic rings. The minimum absolute atomic E-state index is 0.0712. The standard InChI is InChI=1S/C14H20N2O2/c17-13-9-11-4-5-12(10-13)16(11)8-7-15-6-2-1-3-14(15)18/h1-3,6,11-13,17H,4-5,7-10H2. The summed E-state index contributed by atoms with van der Waals surface area (Å²) < 4.78 is 1.77. The third kappa shape index (κ3) is 2.22. The lowest BCUT2D eigenvalue weighted by atomic mass is 10.00. The highest BCUT2D eigenvalue weighted by atomic mass is 16.3. The van der Waals surface area contributed by atoms with Crippen LogP contribution in [0.25, 0.3) is 0 Å². The molecule has 2 aliphatic heterocycles. The lowest BCUT2D eigenvalue weighted by molar-refractivity contribution is 0.0336. The van der Waals surface area contributed by atoms with Gasteiger partial charge in [0, 0.05) is 37.4 Å². The van der Waals surface area contributed by atoms with Crippen LogP contribution < -0.4 is 5.56 Å². The van der Waals surface area contributed by atoms with Crippen LogP contribution in [0, 0.1) is 0 Å². The maximum atomic E-state index is 11.6. The van der Waals surface area contributed by atoms with Crippen LogP contribution >= 0.6 is 0 Å². The summed E-state index contributed by atoms with van der Waals surface area (Å²) in [5.74, 6) is 0. The summed E-state index contributed by atoms with van der Waals surface area (Å²) in [5, 5.41) is 9.76. The number of fused-ring (bicyclic) bond motifs is 2. The van der Waals surface area contributed by atoms with E-state index in [4.69, 9.17) is 0 Å². The molecule has 2 saturated heterocycles. The van der Waals surface area contributed by atoms with Gasteiger partial charge in [0.25, 0.3) is 5.56 Å². The molecule has 98 valence electrons. The van der Waals surface area contributed by atoms with Crippen molar-refractivity contribution in [3.63, 3.8) is 0 Å². The summed E-state index contributed by atoms with van der Waals surface area (Å²) in [4.78, 5) is 14.1. The van der Waals surface area contributed by atoms with Crippen molar-refractivity contribution in [1.29, 1.82) is 0 Å². The Labute approximate surface area is 107 Å². The molecule has 4 nitrogen and oxygen atoms in total.